The second-order valence-electron chi connectivity index (χ2n) is 7.64. The Balaban J connectivity index is 0.000000366. The van der Waals surface area contributed by atoms with Gasteiger partial charge in [0.25, 0.3) is 0 Å². The van der Waals surface area contributed by atoms with Crippen LogP contribution in [0.4, 0.5) is 4.79 Å². The SMILES string of the molecule is CCOC(=O)N1CCN(Cc2ccc3c(c2)CCCCC3)CC1.O=C(O)/C=C\C(=O)O. The molecule has 1 aliphatic heterocycles. The molecule has 0 unspecified atom stereocenters. The van der Waals surface area contributed by atoms with Gasteiger partial charge in [0.1, 0.15) is 0 Å². The van der Waals surface area contributed by atoms with Crippen molar-refractivity contribution in [2.75, 3.05) is 32.8 Å². The Kier molecular flexibility index (Phi) is 10.0. The fraction of sp³-hybridized carbons (Fsp3) is 0.522. The van der Waals surface area contributed by atoms with E-state index in [1.54, 1.807) is 11.1 Å². The molecule has 3 rings (SSSR count). The second kappa shape index (κ2) is 12.7. The number of ether oxygens (including phenoxy) is 1. The van der Waals surface area contributed by atoms with Crippen molar-refractivity contribution < 1.29 is 29.3 Å². The van der Waals surface area contributed by atoms with Gasteiger partial charge in [0.05, 0.1) is 6.61 Å². The molecule has 1 fully saturated rings. The number of hydrogen-bond donors (Lipinski definition) is 2. The fourth-order valence-corrected chi connectivity index (χ4v) is 3.77. The van der Waals surface area contributed by atoms with E-state index in [-0.39, 0.29) is 6.09 Å². The zero-order valence-corrected chi connectivity index (χ0v) is 18.1. The summed E-state index contributed by atoms with van der Waals surface area (Å²) < 4.78 is 5.08. The number of nitrogens with zero attached hydrogens (tertiary/aromatic N) is 2. The summed E-state index contributed by atoms with van der Waals surface area (Å²) in [5.41, 5.74) is 4.53. The van der Waals surface area contributed by atoms with Gasteiger partial charge in [-0.3, -0.25) is 4.90 Å². The molecular weight excluding hydrogens is 400 g/mol. The normalized spacial score (nSPS) is 16.6. The van der Waals surface area contributed by atoms with E-state index in [4.69, 9.17) is 14.9 Å². The number of rotatable bonds is 5. The van der Waals surface area contributed by atoms with Crippen molar-refractivity contribution in [1.29, 1.82) is 0 Å². The smallest absolute Gasteiger partial charge is 0.409 e. The lowest BCUT2D eigenvalue weighted by Crippen LogP contribution is -2.48. The van der Waals surface area contributed by atoms with Gasteiger partial charge in [0, 0.05) is 44.9 Å². The zero-order chi connectivity index (χ0) is 22.6. The van der Waals surface area contributed by atoms with Crippen LogP contribution in [-0.2, 0) is 33.7 Å². The minimum atomic E-state index is -1.26. The summed E-state index contributed by atoms with van der Waals surface area (Å²) in [5, 5.41) is 15.6. The third-order valence-electron chi connectivity index (χ3n) is 5.34. The summed E-state index contributed by atoms with van der Waals surface area (Å²) in [5.74, 6) is -2.51. The predicted molar refractivity (Wildman–Crippen MR) is 116 cm³/mol. The van der Waals surface area contributed by atoms with E-state index in [0.29, 0.717) is 18.8 Å². The molecule has 1 saturated heterocycles. The quantitative estimate of drug-likeness (QED) is 0.544. The van der Waals surface area contributed by atoms with E-state index < -0.39 is 11.9 Å². The first-order valence-electron chi connectivity index (χ1n) is 10.8. The van der Waals surface area contributed by atoms with Gasteiger partial charge in [-0.1, -0.05) is 24.6 Å². The van der Waals surface area contributed by atoms with Gasteiger partial charge in [-0.05, 0) is 49.3 Å². The maximum absolute atomic E-state index is 11.7. The first-order chi connectivity index (χ1) is 14.9. The van der Waals surface area contributed by atoms with Crippen molar-refractivity contribution in [3.8, 4) is 0 Å². The van der Waals surface area contributed by atoms with Gasteiger partial charge in [0.2, 0.25) is 0 Å². The van der Waals surface area contributed by atoms with Gasteiger partial charge >= 0.3 is 18.0 Å². The highest BCUT2D eigenvalue weighted by Crippen LogP contribution is 2.22. The first kappa shape index (κ1) is 24.4. The Labute approximate surface area is 183 Å². The molecule has 1 aromatic carbocycles. The largest absolute Gasteiger partial charge is 0.478 e. The fourth-order valence-electron chi connectivity index (χ4n) is 3.77. The lowest BCUT2D eigenvalue weighted by atomic mass is 10.00. The molecule has 0 saturated carbocycles. The van der Waals surface area contributed by atoms with Crippen LogP contribution in [0.25, 0.3) is 0 Å². The van der Waals surface area contributed by atoms with Crippen LogP contribution < -0.4 is 0 Å². The Hall–Kier alpha value is -2.87. The van der Waals surface area contributed by atoms with Crippen LogP contribution in [0.15, 0.2) is 30.4 Å². The number of hydrogen-bond acceptors (Lipinski definition) is 5. The summed E-state index contributed by atoms with van der Waals surface area (Å²) in [6.07, 6.45) is 7.45. The van der Waals surface area contributed by atoms with Gasteiger partial charge in [-0.2, -0.15) is 0 Å². The third-order valence-corrected chi connectivity index (χ3v) is 5.34. The number of amides is 1. The average molecular weight is 433 g/mol. The number of carbonyl (C=O) groups is 3. The van der Waals surface area contributed by atoms with Crippen molar-refractivity contribution in [1.82, 2.24) is 9.80 Å². The molecule has 1 aliphatic carbocycles. The number of aliphatic carboxylic acids is 2. The van der Waals surface area contributed by atoms with E-state index in [0.717, 1.165) is 32.7 Å². The van der Waals surface area contributed by atoms with E-state index in [2.05, 4.69) is 23.1 Å². The monoisotopic (exact) mass is 432 g/mol. The number of carboxylic acid groups (broad SMARTS) is 2. The first-order valence-corrected chi connectivity index (χ1v) is 10.8. The van der Waals surface area contributed by atoms with Crippen molar-refractivity contribution >= 4 is 18.0 Å². The molecule has 0 radical (unpaired) electrons. The number of piperazine rings is 1. The number of carboxylic acids is 2. The third kappa shape index (κ3) is 8.80. The highest BCUT2D eigenvalue weighted by atomic mass is 16.6. The molecular formula is C23H32N2O6. The number of carbonyl (C=O) groups excluding carboxylic acids is 1. The van der Waals surface area contributed by atoms with Gasteiger partial charge in [-0.15, -0.1) is 0 Å². The summed E-state index contributed by atoms with van der Waals surface area (Å²) >= 11 is 0. The molecule has 2 N–H and O–H groups in total. The molecule has 1 aromatic rings. The Morgan fingerprint density at radius 2 is 1.55 bits per heavy atom. The molecule has 8 nitrogen and oxygen atoms in total. The molecule has 0 bridgehead atoms. The number of benzene rings is 1. The van der Waals surface area contributed by atoms with Crippen LogP contribution in [-0.4, -0.2) is 70.8 Å². The topological polar surface area (TPSA) is 107 Å². The van der Waals surface area contributed by atoms with Crippen molar-refractivity contribution in [3.05, 3.63) is 47.0 Å². The van der Waals surface area contributed by atoms with Crippen LogP contribution in [0.1, 0.15) is 42.9 Å². The molecule has 0 spiro atoms. The number of fused-ring (bicyclic) bond motifs is 1. The van der Waals surface area contributed by atoms with Crippen LogP contribution >= 0.6 is 0 Å². The lowest BCUT2D eigenvalue weighted by molar-refractivity contribution is -0.134. The predicted octanol–water partition coefficient (Wildman–Crippen LogP) is 2.94. The Morgan fingerprint density at radius 3 is 2.13 bits per heavy atom. The van der Waals surface area contributed by atoms with Crippen LogP contribution in [0, 0.1) is 0 Å². The van der Waals surface area contributed by atoms with Crippen LogP contribution in [0.5, 0.6) is 0 Å². The minimum Gasteiger partial charge on any atom is -0.478 e. The molecule has 1 amide bonds. The van der Waals surface area contributed by atoms with Crippen molar-refractivity contribution in [2.24, 2.45) is 0 Å². The Morgan fingerprint density at radius 1 is 0.935 bits per heavy atom. The molecule has 0 aromatic heterocycles. The average Bonchev–Trinajstić information content (AvgIpc) is 2.98. The maximum Gasteiger partial charge on any atom is 0.409 e. The lowest BCUT2D eigenvalue weighted by Gasteiger charge is -2.34. The molecule has 8 heteroatoms. The maximum atomic E-state index is 11.7. The Bertz CT molecular complexity index is 768. The standard InChI is InChI=1S/C19H28N2O2.C4H4O4/c1-2-23-19(22)21-12-10-20(11-13-21)15-16-8-9-17-6-4-3-5-7-18(17)14-16;5-3(6)1-2-4(7)8/h8-9,14H,2-7,10-13,15H2,1H3;1-2H,(H,5,6)(H,7,8)/b;2-1-. The highest BCUT2D eigenvalue weighted by molar-refractivity contribution is 5.89. The van der Waals surface area contributed by atoms with Gasteiger partial charge < -0.3 is 19.8 Å². The van der Waals surface area contributed by atoms with Crippen LogP contribution in [0.3, 0.4) is 0 Å². The second-order valence-corrected chi connectivity index (χ2v) is 7.64. The van der Waals surface area contributed by atoms with Crippen LogP contribution in [0.2, 0.25) is 0 Å². The van der Waals surface area contributed by atoms with E-state index in [1.165, 1.54) is 37.7 Å². The highest BCUT2D eigenvalue weighted by Gasteiger charge is 2.22. The molecule has 0 atom stereocenters. The van der Waals surface area contributed by atoms with Crippen molar-refractivity contribution in [2.45, 2.75) is 45.6 Å². The zero-order valence-electron chi connectivity index (χ0n) is 18.1. The van der Waals surface area contributed by atoms with Gasteiger partial charge in [0.15, 0.2) is 0 Å². The summed E-state index contributed by atoms with van der Waals surface area (Å²) in [6.45, 7) is 6.68. The molecule has 2 aliphatic rings. The number of aryl methyl sites for hydroxylation is 2. The molecule has 1 heterocycles. The van der Waals surface area contributed by atoms with E-state index >= 15 is 0 Å². The summed E-state index contributed by atoms with van der Waals surface area (Å²) in [7, 11) is 0. The summed E-state index contributed by atoms with van der Waals surface area (Å²) in [6, 6.07) is 7.05. The van der Waals surface area contributed by atoms with Crippen molar-refractivity contribution in [3.63, 3.8) is 0 Å². The molecule has 170 valence electrons. The van der Waals surface area contributed by atoms with E-state index in [9.17, 15) is 14.4 Å². The minimum absolute atomic E-state index is 0.169. The summed E-state index contributed by atoms with van der Waals surface area (Å²) in [4.78, 5) is 35.1. The van der Waals surface area contributed by atoms with E-state index in [1.807, 2.05) is 11.8 Å². The molecule has 31 heavy (non-hydrogen) atoms. The van der Waals surface area contributed by atoms with Gasteiger partial charge in [-0.25, -0.2) is 14.4 Å².